The van der Waals surface area contributed by atoms with Crippen LogP contribution in [0.25, 0.3) is 0 Å². The predicted molar refractivity (Wildman–Crippen MR) is 63.9 cm³/mol. The summed E-state index contributed by atoms with van der Waals surface area (Å²) in [6, 6.07) is 4.79. The Kier molecular flexibility index (Phi) is 4.39. The molecule has 2 N–H and O–H groups in total. The molecule has 0 aliphatic carbocycles. The highest BCUT2D eigenvalue weighted by Crippen LogP contribution is 2.31. The fourth-order valence-electron chi connectivity index (χ4n) is 1.73. The highest BCUT2D eigenvalue weighted by molar-refractivity contribution is 7.99. The third kappa shape index (κ3) is 3.62. The van der Waals surface area contributed by atoms with E-state index in [0.717, 1.165) is 12.1 Å². The van der Waals surface area contributed by atoms with Gasteiger partial charge in [0.25, 0.3) is 0 Å². The lowest BCUT2D eigenvalue weighted by Gasteiger charge is -2.14. The zero-order valence-corrected chi connectivity index (χ0v) is 10.6. The molecule has 1 aromatic carbocycles. The summed E-state index contributed by atoms with van der Waals surface area (Å²) in [5.41, 5.74) is -0.690. The van der Waals surface area contributed by atoms with Crippen LogP contribution in [0.1, 0.15) is 5.56 Å². The molecule has 2 rings (SSSR count). The highest BCUT2D eigenvalue weighted by Gasteiger charge is 2.34. The first-order valence-electron chi connectivity index (χ1n) is 5.66. The minimum atomic E-state index is -4.34. The first-order valence-corrected chi connectivity index (χ1v) is 6.64. The number of rotatable bonds is 3. The largest absolute Gasteiger partial charge is 0.416 e. The molecule has 1 heterocycles. The molecule has 3 nitrogen and oxygen atoms in total. The molecule has 7 heteroatoms. The Morgan fingerprint density at radius 2 is 1.84 bits per heavy atom. The van der Waals surface area contributed by atoms with Gasteiger partial charge in [-0.2, -0.15) is 13.2 Å². The molecule has 0 aromatic heterocycles. The van der Waals surface area contributed by atoms with Crippen molar-refractivity contribution < 1.29 is 28.1 Å². The fourth-order valence-corrected chi connectivity index (χ4v) is 2.71. The molecule has 1 fully saturated rings. The zero-order chi connectivity index (χ0) is 14.0. The topological polar surface area (TPSA) is 49.7 Å². The number of halogens is 3. The van der Waals surface area contributed by atoms with Crippen LogP contribution in [-0.4, -0.2) is 40.9 Å². The summed E-state index contributed by atoms with van der Waals surface area (Å²) in [5.74, 6) is 0.379. The van der Waals surface area contributed by atoms with Crippen molar-refractivity contribution in [3.05, 3.63) is 29.8 Å². The predicted octanol–water partition coefficient (Wildman–Crippen LogP) is 1.92. The first kappa shape index (κ1) is 14.6. The SMILES string of the molecule is OC1COC(CSc2ccc(C(F)(F)F)cc2)C1O. The van der Waals surface area contributed by atoms with Crippen LogP contribution in [-0.2, 0) is 10.9 Å². The minimum Gasteiger partial charge on any atom is -0.388 e. The second kappa shape index (κ2) is 5.70. The molecule has 1 aliphatic rings. The van der Waals surface area contributed by atoms with Gasteiger partial charge >= 0.3 is 6.18 Å². The van der Waals surface area contributed by atoms with E-state index in [4.69, 9.17) is 4.74 Å². The molecule has 3 atom stereocenters. The van der Waals surface area contributed by atoms with Gasteiger partial charge in [0.1, 0.15) is 12.2 Å². The summed E-state index contributed by atoms with van der Waals surface area (Å²) in [5, 5.41) is 18.8. The fraction of sp³-hybridized carbons (Fsp3) is 0.500. The summed E-state index contributed by atoms with van der Waals surface area (Å²) in [6.07, 6.45) is -6.67. The normalized spacial score (nSPS) is 27.7. The summed E-state index contributed by atoms with van der Waals surface area (Å²) in [6.45, 7) is 0.0827. The number of aliphatic hydroxyl groups is 2. The molecular weight excluding hydrogens is 281 g/mol. The van der Waals surface area contributed by atoms with Gasteiger partial charge in [0, 0.05) is 10.6 Å². The molecule has 0 radical (unpaired) electrons. The molecule has 0 bridgehead atoms. The Morgan fingerprint density at radius 1 is 1.21 bits per heavy atom. The Hall–Kier alpha value is -0.760. The molecule has 1 aromatic rings. The van der Waals surface area contributed by atoms with Gasteiger partial charge in [0.2, 0.25) is 0 Å². The van der Waals surface area contributed by atoms with E-state index in [1.807, 2.05) is 0 Å². The molecule has 0 saturated carbocycles. The second-order valence-corrected chi connectivity index (χ2v) is 5.36. The second-order valence-electron chi connectivity index (χ2n) is 4.26. The van der Waals surface area contributed by atoms with Crippen LogP contribution < -0.4 is 0 Å². The summed E-state index contributed by atoms with van der Waals surface area (Å²) < 4.78 is 42.2. The van der Waals surface area contributed by atoms with Crippen LogP contribution in [0.2, 0.25) is 0 Å². The van der Waals surface area contributed by atoms with Gasteiger partial charge in [-0.05, 0) is 24.3 Å². The molecule has 0 amide bonds. The first-order chi connectivity index (χ1) is 8.88. The summed E-state index contributed by atoms with van der Waals surface area (Å²) in [7, 11) is 0. The minimum absolute atomic E-state index is 0.0827. The van der Waals surface area contributed by atoms with Crippen LogP contribution in [0, 0.1) is 0 Å². The van der Waals surface area contributed by atoms with Crippen molar-refractivity contribution in [2.75, 3.05) is 12.4 Å². The van der Waals surface area contributed by atoms with E-state index in [0.29, 0.717) is 10.6 Å². The number of benzene rings is 1. The Balaban J connectivity index is 1.90. The van der Waals surface area contributed by atoms with Gasteiger partial charge in [-0.15, -0.1) is 11.8 Å². The maximum atomic E-state index is 12.4. The van der Waals surface area contributed by atoms with E-state index < -0.39 is 30.1 Å². The average Bonchev–Trinajstić information content (AvgIpc) is 2.67. The van der Waals surface area contributed by atoms with E-state index in [9.17, 15) is 23.4 Å². The van der Waals surface area contributed by atoms with Gasteiger partial charge in [0.15, 0.2) is 0 Å². The van der Waals surface area contributed by atoms with E-state index in [1.54, 1.807) is 0 Å². The molecule has 1 saturated heterocycles. The molecule has 3 unspecified atom stereocenters. The third-order valence-electron chi connectivity index (χ3n) is 2.85. The molecule has 106 valence electrons. The van der Waals surface area contributed by atoms with E-state index in [-0.39, 0.29) is 6.61 Å². The monoisotopic (exact) mass is 294 g/mol. The quantitative estimate of drug-likeness (QED) is 0.836. The summed E-state index contributed by atoms with van der Waals surface area (Å²) in [4.78, 5) is 0.658. The standard InChI is InChI=1S/C12H13F3O3S/c13-12(14,15)7-1-3-8(4-2-7)19-6-10-11(17)9(16)5-18-10/h1-4,9-11,16-17H,5-6H2. The van der Waals surface area contributed by atoms with Crippen molar-refractivity contribution in [1.29, 1.82) is 0 Å². The third-order valence-corrected chi connectivity index (χ3v) is 3.95. The number of alkyl halides is 3. The maximum absolute atomic E-state index is 12.4. The number of ether oxygens (including phenoxy) is 1. The van der Waals surface area contributed by atoms with Crippen LogP contribution in [0.3, 0.4) is 0 Å². The lowest BCUT2D eigenvalue weighted by Crippen LogP contribution is -2.31. The molecule has 19 heavy (non-hydrogen) atoms. The van der Waals surface area contributed by atoms with Crippen molar-refractivity contribution in [1.82, 2.24) is 0 Å². The lowest BCUT2D eigenvalue weighted by atomic mass is 10.2. The van der Waals surface area contributed by atoms with Crippen molar-refractivity contribution in [2.45, 2.75) is 29.4 Å². The van der Waals surface area contributed by atoms with Gasteiger partial charge < -0.3 is 14.9 Å². The Bertz CT molecular complexity index is 421. The van der Waals surface area contributed by atoms with Crippen LogP contribution in [0.4, 0.5) is 13.2 Å². The molecule has 0 spiro atoms. The number of hydrogen-bond donors (Lipinski definition) is 2. The van der Waals surface area contributed by atoms with Gasteiger partial charge in [-0.25, -0.2) is 0 Å². The van der Waals surface area contributed by atoms with E-state index >= 15 is 0 Å². The summed E-state index contributed by atoms with van der Waals surface area (Å²) >= 11 is 1.28. The van der Waals surface area contributed by atoms with Crippen molar-refractivity contribution in [3.8, 4) is 0 Å². The van der Waals surface area contributed by atoms with Crippen LogP contribution in [0.15, 0.2) is 29.2 Å². The van der Waals surface area contributed by atoms with Crippen molar-refractivity contribution >= 4 is 11.8 Å². The van der Waals surface area contributed by atoms with Crippen LogP contribution >= 0.6 is 11.8 Å². The van der Waals surface area contributed by atoms with Crippen LogP contribution in [0.5, 0.6) is 0 Å². The highest BCUT2D eigenvalue weighted by atomic mass is 32.2. The maximum Gasteiger partial charge on any atom is 0.416 e. The number of hydrogen-bond acceptors (Lipinski definition) is 4. The van der Waals surface area contributed by atoms with Crippen molar-refractivity contribution in [2.24, 2.45) is 0 Å². The zero-order valence-electron chi connectivity index (χ0n) is 9.80. The lowest BCUT2D eigenvalue weighted by molar-refractivity contribution is -0.137. The smallest absolute Gasteiger partial charge is 0.388 e. The van der Waals surface area contributed by atoms with E-state index in [1.165, 1.54) is 23.9 Å². The Morgan fingerprint density at radius 3 is 2.32 bits per heavy atom. The molecular formula is C12H13F3O3S. The van der Waals surface area contributed by atoms with Gasteiger partial charge in [0.05, 0.1) is 18.3 Å². The molecule has 1 aliphatic heterocycles. The number of aliphatic hydroxyl groups excluding tert-OH is 2. The van der Waals surface area contributed by atoms with Gasteiger partial charge in [-0.3, -0.25) is 0 Å². The Labute approximate surface area is 112 Å². The average molecular weight is 294 g/mol. The van der Waals surface area contributed by atoms with E-state index in [2.05, 4.69) is 0 Å². The number of thioether (sulfide) groups is 1. The van der Waals surface area contributed by atoms with Gasteiger partial charge in [-0.1, -0.05) is 0 Å². The van der Waals surface area contributed by atoms with Crippen molar-refractivity contribution in [3.63, 3.8) is 0 Å².